The predicted molar refractivity (Wildman–Crippen MR) is 100 cm³/mol. The summed E-state index contributed by atoms with van der Waals surface area (Å²) in [4.78, 5) is 20.7. The summed E-state index contributed by atoms with van der Waals surface area (Å²) in [5, 5.41) is 5.88. The lowest BCUT2D eigenvalue weighted by Gasteiger charge is -2.09. The number of hydrogen-bond acceptors (Lipinski definition) is 5. The van der Waals surface area contributed by atoms with Crippen molar-refractivity contribution in [3.63, 3.8) is 0 Å². The van der Waals surface area contributed by atoms with E-state index in [9.17, 15) is 4.79 Å². The van der Waals surface area contributed by atoms with Gasteiger partial charge in [-0.3, -0.25) is 4.79 Å². The molecule has 0 fully saturated rings. The van der Waals surface area contributed by atoms with Gasteiger partial charge in [0.1, 0.15) is 17.3 Å². The van der Waals surface area contributed by atoms with Gasteiger partial charge in [0.05, 0.1) is 25.2 Å². The summed E-state index contributed by atoms with van der Waals surface area (Å²) >= 11 is 3.38. The Kier molecular flexibility index (Phi) is 5.25. The number of nitrogens with one attached hydrogen (secondary N) is 2. The molecule has 0 bridgehead atoms. The molecule has 2 aromatic carbocycles. The van der Waals surface area contributed by atoms with Gasteiger partial charge in [-0.1, -0.05) is 28.1 Å². The monoisotopic (exact) mass is 398 g/mol. The number of amides is 1. The number of para-hydroxylation sites is 2. The maximum absolute atomic E-state index is 12.3. The van der Waals surface area contributed by atoms with Crippen LogP contribution in [0.25, 0.3) is 0 Å². The maximum atomic E-state index is 12.3. The average Bonchev–Trinajstić information content (AvgIpc) is 2.64. The van der Waals surface area contributed by atoms with E-state index in [4.69, 9.17) is 4.74 Å². The summed E-state index contributed by atoms with van der Waals surface area (Å²) in [5.74, 6) is 0.778. The van der Waals surface area contributed by atoms with Crippen LogP contribution in [0.2, 0.25) is 0 Å². The predicted octanol–water partition coefficient (Wildman–Crippen LogP) is 4.24. The molecule has 1 aromatic heterocycles. The molecule has 0 atom stereocenters. The highest BCUT2D eigenvalue weighted by Crippen LogP contribution is 2.23. The quantitative estimate of drug-likeness (QED) is 0.671. The first-order valence-electron chi connectivity index (χ1n) is 7.45. The van der Waals surface area contributed by atoms with Crippen LogP contribution in [0.1, 0.15) is 10.5 Å². The van der Waals surface area contributed by atoms with Crippen LogP contribution >= 0.6 is 15.9 Å². The number of carbonyl (C=O) groups is 1. The SMILES string of the molecule is COc1ccccc1NC(=O)c1cnc(Nc2ccc(Br)cc2)cn1. The standard InChI is InChI=1S/C18H15BrN4O2/c1-25-16-5-3-2-4-14(16)23-18(24)15-10-21-17(11-20-15)22-13-8-6-12(19)7-9-13/h2-11H,1H3,(H,21,22)(H,23,24). The van der Waals surface area contributed by atoms with E-state index < -0.39 is 0 Å². The van der Waals surface area contributed by atoms with Gasteiger partial charge >= 0.3 is 0 Å². The fourth-order valence-corrected chi connectivity index (χ4v) is 2.39. The Hall–Kier alpha value is -2.93. The summed E-state index contributed by atoms with van der Waals surface area (Å²) in [6.45, 7) is 0. The third-order valence-electron chi connectivity index (χ3n) is 3.36. The lowest BCUT2D eigenvalue weighted by atomic mass is 10.3. The Morgan fingerprint density at radius 2 is 1.80 bits per heavy atom. The van der Waals surface area contributed by atoms with Crippen LogP contribution in [0, 0.1) is 0 Å². The fraction of sp³-hybridized carbons (Fsp3) is 0.0556. The van der Waals surface area contributed by atoms with Crippen LogP contribution in [0.15, 0.2) is 65.4 Å². The van der Waals surface area contributed by atoms with Gasteiger partial charge in [-0.25, -0.2) is 9.97 Å². The Labute approximate surface area is 153 Å². The normalized spacial score (nSPS) is 10.2. The molecular weight excluding hydrogens is 384 g/mol. The van der Waals surface area contributed by atoms with Crippen LogP contribution in [-0.2, 0) is 0 Å². The molecule has 0 aliphatic rings. The first-order chi connectivity index (χ1) is 12.2. The molecule has 0 unspecified atom stereocenters. The molecule has 6 nitrogen and oxygen atoms in total. The summed E-state index contributed by atoms with van der Waals surface area (Å²) in [5.41, 5.74) is 1.67. The van der Waals surface area contributed by atoms with Gasteiger partial charge in [-0.2, -0.15) is 0 Å². The molecule has 1 heterocycles. The fourth-order valence-electron chi connectivity index (χ4n) is 2.13. The molecule has 0 saturated carbocycles. The first-order valence-corrected chi connectivity index (χ1v) is 8.24. The Morgan fingerprint density at radius 1 is 1.04 bits per heavy atom. The van der Waals surface area contributed by atoms with Crippen molar-refractivity contribution in [2.45, 2.75) is 0 Å². The number of carbonyl (C=O) groups excluding carboxylic acids is 1. The van der Waals surface area contributed by atoms with Gasteiger partial charge in [0, 0.05) is 10.2 Å². The zero-order chi connectivity index (χ0) is 17.6. The van der Waals surface area contributed by atoms with Crippen LogP contribution in [0.3, 0.4) is 0 Å². The van der Waals surface area contributed by atoms with Gasteiger partial charge in [0.2, 0.25) is 0 Å². The molecule has 0 saturated heterocycles. The second-order valence-electron chi connectivity index (χ2n) is 5.07. The van der Waals surface area contributed by atoms with Crippen LogP contribution in [0.5, 0.6) is 5.75 Å². The smallest absolute Gasteiger partial charge is 0.275 e. The van der Waals surface area contributed by atoms with E-state index in [1.54, 1.807) is 19.2 Å². The zero-order valence-corrected chi connectivity index (χ0v) is 14.9. The number of rotatable bonds is 5. The summed E-state index contributed by atoms with van der Waals surface area (Å²) < 4.78 is 6.20. The van der Waals surface area contributed by atoms with Crippen molar-refractivity contribution in [1.29, 1.82) is 0 Å². The number of benzene rings is 2. The van der Waals surface area contributed by atoms with E-state index in [2.05, 4.69) is 36.5 Å². The third kappa shape index (κ3) is 4.33. The number of hydrogen-bond donors (Lipinski definition) is 2. The van der Waals surface area contributed by atoms with Crippen molar-refractivity contribution in [2.75, 3.05) is 17.7 Å². The largest absolute Gasteiger partial charge is 0.495 e. The van der Waals surface area contributed by atoms with Crippen LogP contribution in [0.4, 0.5) is 17.2 Å². The van der Waals surface area contributed by atoms with Gasteiger partial charge in [0.15, 0.2) is 0 Å². The third-order valence-corrected chi connectivity index (χ3v) is 3.88. The van der Waals surface area contributed by atoms with Crippen molar-refractivity contribution in [3.8, 4) is 5.75 Å². The van der Waals surface area contributed by atoms with Crippen molar-refractivity contribution in [3.05, 3.63) is 71.1 Å². The first kappa shape index (κ1) is 16.9. The molecular formula is C18H15BrN4O2. The molecule has 1 amide bonds. The summed E-state index contributed by atoms with van der Waals surface area (Å²) in [7, 11) is 1.55. The molecule has 0 radical (unpaired) electrons. The summed E-state index contributed by atoms with van der Waals surface area (Å²) in [6, 6.07) is 14.8. The van der Waals surface area contributed by atoms with E-state index in [1.807, 2.05) is 36.4 Å². The Balaban J connectivity index is 1.69. The minimum absolute atomic E-state index is 0.215. The topological polar surface area (TPSA) is 76.1 Å². The van der Waals surface area contributed by atoms with Gasteiger partial charge in [-0.05, 0) is 36.4 Å². The Bertz CT molecular complexity index is 867. The summed E-state index contributed by atoms with van der Waals surface area (Å²) in [6.07, 6.45) is 2.94. The molecule has 0 aliphatic carbocycles. The van der Waals surface area contributed by atoms with Gasteiger partial charge in [-0.15, -0.1) is 0 Å². The number of nitrogens with zero attached hydrogens (tertiary/aromatic N) is 2. The van der Waals surface area contributed by atoms with Crippen molar-refractivity contribution < 1.29 is 9.53 Å². The number of halogens is 1. The van der Waals surface area contributed by atoms with Crippen LogP contribution in [-0.4, -0.2) is 23.0 Å². The van der Waals surface area contributed by atoms with Crippen molar-refractivity contribution >= 4 is 39.0 Å². The molecule has 3 rings (SSSR count). The van der Waals surface area contributed by atoms with Gasteiger partial charge in [0.25, 0.3) is 5.91 Å². The van der Waals surface area contributed by atoms with Gasteiger partial charge < -0.3 is 15.4 Å². The molecule has 0 aliphatic heterocycles. The highest BCUT2D eigenvalue weighted by atomic mass is 79.9. The lowest BCUT2D eigenvalue weighted by molar-refractivity contribution is 0.102. The number of anilines is 3. The number of aromatic nitrogens is 2. The second kappa shape index (κ2) is 7.76. The minimum Gasteiger partial charge on any atom is -0.495 e. The number of ether oxygens (including phenoxy) is 1. The van der Waals surface area contributed by atoms with Crippen molar-refractivity contribution in [1.82, 2.24) is 9.97 Å². The zero-order valence-electron chi connectivity index (χ0n) is 13.4. The Morgan fingerprint density at radius 3 is 2.48 bits per heavy atom. The minimum atomic E-state index is -0.354. The molecule has 3 aromatic rings. The average molecular weight is 399 g/mol. The molecule has 25 heavy (non-hydrogen) atoms. The van der Waals surface area contributed by atoms with Crippen molar-refractivity contribution in [2.24, 2.45) is 0 Å². The molecule has 7 heteroatoms. The second-order valence-corrected chi connectivity index (χ2v) is 5.99. The lowest BCUT2D eigenvalue weighted by Crippen LogP contribution is -2.14. The van der Waals surface area contributed by atoms with E-state index in [1.165, 1.54) is 12.4 Å². The van der Waals surface area contributed by atoms with E-state index in [0.29, 0.717) is 17.3 Å². The van der Waals surface area contributed by atoms with E-state index in [0.717, 1.165) is 10.2 Å². The van der Waals surface area contributed by atoms with E-state index in [-0.39, 0.29) is 11.6 Å². The van der Waals surface area contributed by atoms with Crippen LogP contribution < -0.4 is 15.4 Å². The molecule has 126 valence electrons. The maximum Gasteiger partial charge on any atom is 0.275 e. The molecule has 2 N–H and O–H groups in total. The highest BCUT2D eigenvalue weighted by molar-refractivity contribution is 9.10. The highest BCUT2D eigenvalue weighted by Gasteiger charge is 2.11. The molecule has 0 spiro atoms. The number of methoxy groups -OCH3 is 1. The van der Waals surface area contributed by atoms with E-state index >= 15 is 0 Å².